The molecule has 2 aromatic rings. The summed E-state index contributed by atoms with van der Waals surface area (Å²) in [6.07, 6.45) is -0.124. The van der Waals surface area contributed by atoms with Crippen LogP contribution in [0.1, 0.15) is 47.1 Å². The van der Waals surface area contributed by atoms with Crippen molar-refractivity contribution in [3.05, 3.63) is 34.4 Å². The molecule has 0 unspecified atom stereocenters. The number of fused-ring (bicyclic) bond motifs is 1. The first-order valence-corrected chi connectivity index (χ1v) is 9.39. The minimum absolute atomic E-state index is 0.164. The number of rotatable bonds is 1. The second kappa shape index (κ2) is 7.46. The number of amides is 2. The lowest BCUT2D eigenvalue weighted by Gasteiger charge is -2.28. The monoisotopic (exact) mass is 436 g/mol. The number of benzene rings is 1. The number of aryl methyl sites for hydroxylation is 1. The number of anilines is 1. The Balaban J connectivity index is 2.63. The Morgan fingerprint density at radius 1 is 0.963 bits per heavy atom. The van der Waals surface area contributed by atoms with E-state index in [-0.39, 0.29) is 5.82 Å². The molecule has 27 heavy (non-hydrogen) atoms. The Labute approximate surface area is 168 Å². The molecular formula is C20H25BrN2O4. The Bertz CT molecular complexity index is 854. The molecule has 0 atom stereocenters. The summed E-state index contributed by atoms with van der Waals surface area (Å²) in [6, 6.07) is 5.66. The number of carbonyl (C=O) groups excluding carboxylic acids is 2. The van der Waals surface area contributed by atoms with Crippen molar-refractivity contribution in [1.29, 1.82) is 0 Å². The number of hydrogen-bond acceptors (Lipinski definition) is 5. The van der Waals surface area contributed by atoms with E-state index in [2.05, 4.69) is 20.9 Å². The highest BCUT2D eigenvalue weighted by Gasteiger charge is 2.34. The second-order valence-corrected chi connectivity index (χ2v) is 9.13. The number of pyridine rings is 1. The summed E-state index contributed by atoms with van der Waals surface area (Å²) < 4.78 is 11.6. The third-order valence-electron chi connectivity index (χ3n) is 3.34. The summed E-state index contributed by atoms with van der Waals surface area (Å²) in [5.41, 5.74) is -0.514. The van der Waals surface area contributed by atoms with Gasteiger partial charge in [0.1, 0.15) is 11.2 Å². The van der Waals surface area contributed by atoms with Crippen LogP contribution in [0.5, 0.6) is 0 Å². The van der Waals surface area contributed by atoms with Crippen LogP contribution < -0.4 is 4.90 Å². The van der Waals surface area contributed by atoms with Crippen LogP contribution in [0.25, 0.3) is 10.8 Å². The molecule has 0 spiro atoms. The molecule has 146 valence electrons. The van der Waals surface area contributed by atoms with E-state index >= 15 is 0 Å². The molecule has 0 aliphatic rings. The predicted octanol–water partition coefficient (Wildman–Crippen LogP) is 5.98. The first-order chi connectivity index (χ1) is 12.3. The molecule has 2 amide bonds. The van der Waals surface area contributed by atoms with Gasteiger partial charge in [-0.15, -0.1) is 0 Å². The molecule has 0 bridgehead atoms. The van der Waals surface area contributed by atoms with E-state index in [0.717, 1.165) is 20.3 Å². The van der Waals surface area contributed by atoms with Crippen LogP contribution in [-0.2, 0) is 9.47 Å². The maximum absolute atomic E-state index is 12.8. The number of nitrogens with zero attached hydrogens (tertiary/aromatic N) is 2. The molecule has 2 rings (SSSR count). The summed E-state index contributed by atoms with van der Waals surface area (Å²) in [4.78, 5) is 30.8. The molecular weight excluding hydrogens is 412 g/mol. The van der Waals surface area contributed by atoms with Gasteiger partial charge in [-0.3, -0.25) is 0 Å². The van der Waals surface area contributed by atoms with Gasteiger partial charge in [0.25, 0.3) is 0 Å². The second-order valence-electron chi connectivity index (χ2n) is 8.27. The molecule has 0 fully saturated rings. The van der Waals surface area contributed by atoms with Crippen molar-refractivity contribution in [2.75, 3.05) is 4.90 Å². The lowest BCUT2D eigenvalue weighted by Crippen LogP contribution is -2.44. The molecule has 1 aromatic carbocycles. The van der Waals surface area contributed by atoms with Crippen molar-refractivity contribution in [3.63, 3.8) is 0 Å². The summed E-state index contributed by atoms with van der Waals surface area (Å²) in [5.74, 6) is 0.164. The van der Waals surface area contributed by atoms with Crippen LogP contribution in [0, 0.1) is 6.92 Å². The normalized spacial score (nSPS) is 12.0. The number of hydrogen-bond donors (Lipinski definition) is 0. The fraction of sp³-hybridized carbons (Fsp3) is 0.450. The fourth-order valence-electron chi connectivity index (χ4n) is 2.35. The van der Waals surface area contributed by atoms with E-state index in [1.807, 2.05) is 25.1 Å². The quantitative estimate of drug-likeness (QED) is 0.549. The van der Waals surface area contributed by atoms with Gasteiger partial charge in [0.2, 0.25) is 0 Å². The Kier molecular flexibility index (Phi) is 5.85. The van der Waals surface area contributed by atoms with Crippen molar-refractivity contribution in [1.82, 2.24) is 4.98 Å². The molecule has 1 heterocycles. The highest BCUT2D eigenvalue weighted by molar-refractivity contribution is 9.10. The average molecular weight is 437 g/mol. The topological polar surface area (TPSA) is 68.7 Å². The first kappa shape index (κ1) is 21.2. The summed E-state index contributed by atoms with van der Waals surface area (Å²) in [6.45, 7) is 12.3. The van der Waals surface area contributed by atoms with E-state index < -0.39 is 23.4 Å². The molecule has 0 saturated heterocycles. The zero-order valence-corrected chi connectivity index (χ0v) is 18.3. The van der Waals surface area contributed by atoms with Crippen molar-refractivity contribution in [3.8, 4) is 0 Å². The number of imide groups is 1. The van der Waals surface area contributed by atoms with Crippen molar-refractivity contribution >= 4 is 44.7 Å². The van der Waals surface area contributed by atoms with E-state index in [1.165, 1.54) is 0 Å². The number of carbonyl (C=O) groups is 2. The van der Waals surface area contributed by atoms with Crippen LogP contribution in [0.3, 0.4) is 0 Å². The fourth-order valence-corrected chi connectivity index (χ4v) is 2.78. The van der Waals surface area contributed by atoms with Crippen LogP contribution in [-0.4, -0.2) is 28.4 Å². The zero-order valence-electron chi connectivity index (χ0n) is 16.7. The van der Waals surface area contributed by atoms with Gasteiger partial charge >= 0.3 is 12.2 Å². The predicted molar refractivity (Wildman–Crippen MR) is 109 cm³/mol. The van der Waals surface area contributed by atoms with Gasteiger partial charge < -0.3 is 9.47 Å². The van der Waals surface area contributed by atoms with Crippen LogP contribution in [0.2, 0.25) is 0 Å². The minimum Gasteiger partial charge on any atom is -0.443 e. The van der Waals surface area contributed by atoms with Gasteiger partial charge in [-0.05, 0) is 64.4 Å². The number of aromatic nitrogens is 1. The van der Waals surface area contributed by atoms with Crippen LogP contribution in [0.15, 0.2) is 28.9 Å². The molecule has 1 aromatic heterocycles. The van der Waals surface area contributed by atoms with Gasteiger partial charge in [-0.1, -0.05) is 23.8 Å². The Hall–Kier alpha value is -2.15. The van der Waals surface area contributed by atoms with E-state index in [1.54, 1.807) is 47.7 Å². The smallest absolute Gasteiger partial charge is 0.425 e. The van der Waals surface area contributed by atoms with Gasteiger partial charge in [0.15, 0.2) is 5.82 Å². The van der Waals surface area contributed by atoms with E-state index in [9.17, 15) is 9.59 Å². The molecule has 0 saturated carbocycles. The third kappa shape index (κ3) is 5.42. The molecule has 0 aliphatic heterocycles. The minimum atomic E-state index is -0.839. The molecule has 7 heteroatoms. The van der Waals surface area contributed by atoms with Gasteiger partial charge in [-0.2, -0.15) is 4.90 Å². The summed E-state index contributed by atoms with van der Waals surface area (Å²) in [5, 5.41) is 1.46. The first-order valence-electron chi connectivity index (χ1n) is 8.59. The third-order valence-corrected chi connectivity index (χ3v) is 3.97. The highest BCUT2D eigenvalue weighted by Crippen LogP contribution is 2.32. The number of ether oxygens (including phenoxy) is 2. The van der Waals surface area contributed by atoms with Crippen molar-refractivity contribution < 1.29 is 19.1 Å². The molecule has 0 N–H and O–H groups in total. The van der Waals surface area contributed by atoms with E-state index in [0.29, 0.717) is 5.39 Å². The lowest BCUT2D eigenvalue weighted by atomic mass is 10.1. The van der Waals surface area contributed by atoms with Gasteiger partial charge in [0.05, 0.1) is 0 Å². The largest absolute Gasteiger partial charge is 0.443 e. The number of halogens is 1. The maximum Gasteiger partial charge on any atom is 0.425 e. The summed E-state index contributed by atoms with van der Waals surface area (Å²) in [7, 11) is 0. The average Bonchev–Trinajstić information content (AvgIpc) is 2.46. The van der Waals surface area contributed by atoms with Gasteiger partial charge in [-0.25, -0.2) is 14.6 Å². The molecule has 0 aliphatic carbocycles. The van der Waals surface area contributed by atoms with Crippen LogP contribution >= 0.6 is 15.9 Å². The summed E-state index contributed by atoms with van der Waals surface area (Å²) >= 11 is 3.47. The standard InChI is InChI=1S/C20H25BrN2O4/c1-12-8-9-13-14(10-12)15(21)11-22-16(13)23(17(24)26-19(2,3)4)18(25)27-20(5,6)7/h8-11H,1-7H3. The zero-order chi connectivity index (χ0) is 20.6. The maximum atomic E-state index is 12.8. The Morgan fingerprint density at radius 3 is 1.96 bits per heavy atom. The SMILES string of the molecule is Cc1ccc2c(N(C(=O)OC(C)(C)C)C(=O)OC(C)(C)C)ncc(Br)c2c1. The lowest BCUT2D eigenvalue weighted by molar-refractivity contribution is 0.0429. The van der Waals surface area contributed by atoms with Gasteiger partial charge in [0, 0.05) is 21.4 Å². The van der Waals surface area contributed by atoms with E-state index in [4.69, 9.17) is 9.47 Å². The van der Waals surface area contributed by atoms with Crippen molar-refractivity contribution in [2.24, 2.45) is 0 Å². The molecule has 6 nitrogen and oxygen atoms in total. The van der Waals surface area contributed by atoms with Crippen molar-refractivity contribution in [2.45, 2.75) is 59.7 Å². The van der Waals surface area contributed by atoms with Crippen LogP contribution in [0.4, 0.5) is 15.4 Å². The molecule has 0 radical (unpaired) electrons. The Morgan fingerprint density at radius 2 is 1.48 bits per heavy atom. The highest BCUT2D eigenvalue weighted by atomic mass is 79.9.